The fourth-order valence-corrected chi connectivity index (χ4v) is 3.07. The zero-order valence-corrected chi connectivity index (χ0v) is 13.3. The van der Waals surface area contributed by atoms with Crippen LogP contribution in [-0.4, -0.2) is 23.9 Å². The van der Waals surface area contributed by atoms with Crippen molar-refractivity contribution < 1.29 is 18.0 Å². The van der Waals surface area contributed by atoms with Crippen molar-refractivity contribution in [2.75, 3.05) is 13.1 Å². The smallest absolute Gasteiger partial charge is 0.339 e. The van der Waals surface area contributed by atoms with Gasteiger partial charge in [-0.05, 0) is 37.0 Å². The van der Waals surface area contributed by atoms with Crippen LogP contribution < -0.4 is 0 Å². The van der Waals surface area contributed by atoms with E-state index in [9.17, 15) is 18.0 Å². The highest BCUT2D eigenvalue weighted by molar-refractivity contribution is 9.10. The largest absolute Gasteiger partial charge is 0.417 e. The highest BCUT2D eigenvalue weighted by atomic mass is 79.9. The van der Waals surface area contributed by atoms with Crippen LogP contribution in [0, 0.1) is 5.92 Å². The van der Waals surface area contributed by atoms with Crippen molar-refractivity contribution in [3.63, 3.8) is 0 Å². The van der Waals surface area contributed by atoms with Crippen molar-refractivity contribution in [2.45, 2.75) is 32.4 Å². The van der Waals surface area contributed by atoms with Crippen molar-refractivity contribution in [3.05, 3.63) is 33.8 Å². The minimum atomic E-state index is -4.47. The molecule has 0 bridgehead atoms. The van der Waals surface area contributed by atoms with E-state index >= 15 is 0 Å². The summed E-state index contributed by atoms with van der Waals surface area (Å²) in [5.74, 6) is 0.298. The third-order valence-corrected chi connectivity index (χ3v) is 4.69. The predicted octanol–water partition coefficient (Wildman–Crippen LogP) is 4.73. The van der Waals surface area contributed by atoms with Crippen molar-refractivity contribution in [1.82, 2.24) is 4.90 Å². The summed E-state index contributed by atoms with van der Waals surface area (Å²) in [5, 5.41) is 0. The number of nitrogens with zero attached hydrogens (tertiary/aromatic N) is 1. The Labute approximate surface area is 130 Å². The minimum absolute atomic E-state index is 0.0451. The number of hydrogen-bond donors (Lipinski definition) is 0. The van der Waals surface area contributed by atoms with Gasteiger partial charge in [-0.3, -0.25) is 4.79 Å². The molecule has 0 spiro atoms. The van der Waals surface area contributed by atoms with Crippen LogP contribution in [0.1, 0.15) is 42.1 Å². The topological polar surface area (TPSA) is 20.3 Å². The number of hydrogen-bond acceptors (Lipinski definition) is 1. The molecule has 21 heavy (non-hydrogen) atoms. The molecule has 0 atom stereocenters. The molecule has 6 heteroatoms. The average molecular weight is 364 g/mol. The first-order valence-corrected chi connectivity index (χ1v) is 7.78. The second kappa shape index (κ2) is 6.38. The summed E-state index contributed by atoms with van der Waals surface area (Å²) >= 11 is 2.88. The molecule has 1 amide bonds. The number of carbonyl (C=O) groups excluding carboxylic acids is 1. The molecule has 1 aliphatic rings. The minimum Gasteiger partial charge on any atom is -0.339 e. The van der Waals surface area contributed by atoms with Crippen LogP contribution in [0.25, 0.3) is 0 Å². The summed E-state index contributed by atoms with van der Waals surface area (Å²) in [6.45, 7) is 3.36. The normalized spacial score (nSPS) is 17.1. The highest BCUT2D eigenvalue weighted by Crippen LogP contribution is 2.35. The second-order valence-corrected chi connectivity index (χ2v) is 6.19. The van der Waals surface area contributed by atoms with E-state index in [1.165, 1.54) is 12.1 Å². The summed E-state index contributed by atoms with van der Waals surface area (Å²) in [7, 11) is 0. The van der Waals surface area contributed by atoms with Gasteiger partial charge in [0.1, 0.15) is 0 Å². The number of piperidine rings is 1. The van der Waals surface area contributed by atoms with Gasteiger partial charge < -0.3 is 4.90 Å². The number of alkyl halides is 3. The molecule has 1 aromatic carbocycles. The van der Waals surface area contributed by atoms with Crippen LogP contribution in [0.3, 0.4) is 0 Å². The number of carbonyl (C=O) groups is 1. The van der Waals surface area contributed by atoms with E-state index in [0.717, 1.165) is 25.3 Å². The molecule has 1 saturated heterocycles. The molecule has 1 aromatic rings. The Morgan fingerprint density at radius 1 is 1.33 bits per heavy atom. The number of likely N-dealkylation sites (tertiary alicyclic amines) is 1. The molecule has 0 unspecified atom stereocenters. The van der Waals surface area contributed by atoms with Gasteiger partial charge in [0, 0.05) is 23.1 Å². The molecule has 2 rings (SSSR count). The number of amides is 1. The molecule has 116 valence electrons. The number of rotatable bonds is 2. The van der Waals surface area contributed by atoms with Gasteiger partial charge in [-0.1, -0.05) is 29.3 Å². The first-order chi connectivity index (χ1) is 9.82. The standard InChI is InChI=1S/C15H17BrF3NO/c1-2-10-5-7-20(8-6-10)14(21)11-3-4-13(16)12(9-11)15(17,18)19/h3-4,9-10H,2,5-8H2,1H3. The van der Waals surface area contributed by atoms with Gasteiger partial charge in [0.15, 0.2) is 0 Å². The number of benzene rings is 1. The van der Waals surface area contributed by atoms with Gasteiger partial charge in [-0.25, -0.2) is 0 Å². The van der Waals surface area contributed by atoms with Gasteiger partial charge in [0.25, 0.3) is 5.91 Å². The summed E-state index contributed by atoms with van der Waals surface area (Å²) in [5.41, 5.74) is -0.711. The van der Waals surface area contributed by atoms with Crippen LogP contribution in [0.4, 0.5) is 13.2 Å². The van der Waals surface area contributed by atoms with Crippen molar-refractivity contribution in [1.29, 1.82) is 0 Å². The Bertz CT molecular complexity index is 522. The molecular weight excluding hydrogens is 347 g/mol. The molecule has 1 heterocycles. The maximum atomic E-state index is 12.9. The maximum Gasteiger partial charge on any atom is 0.417 e. The van der Waals surface area contributed by atoms with Crippen molar-refractivity contribution in [3.8, 4) is 0 Å². The van der Waals surface area contributed by atoms with Crippen LogP contribution >= 0.6 is 15.9 Å². The predicted molar refractivity (Wildman–Crippen MR) is 78.1 cm³/mol. The van der Waals surface area contributed by atoms with Gasteiger partial charge in [0.05, 0.1) is 5.56 Å². The summed E-state index contributed by atoms with van der Waals surface area (Å²) in [6.07, 6.45) is -1.54. The van der Waals surface area contributed by atoms with Gasteiger partial charge >= 0.3 is 6.18 Å². The second-order valence-electron chi connectivity index (χ2n) is 5.34. The summed E-state index contributed by atoms with van der Waals surface area (Å²) in [4.78, 5) is 14.0. The Kier molecular flexibility index (Phi) is 4.96. The van der Waals surface area contributed by atoms with Crippen LogP contribution in [0.15, 0.2) is 22.7 Å². The van der Waals surface area contributed by atoms with E-state index in [1.807, 2.05) is 0 Å². The lowest BCUT2D eigenvalue weighted by molar-refractivity contribution is -0.138. The van der Waals surface area contributed by atoms with Crippen LogP contribution in [-0.2, 0) is 6.18 Å². The highest BCUT2D eigenvalue weighted by Gasteiger charge is 2.34. The van der Waals surface area contributed by atoms with Gasteiger partial charge in [0.2, 0.25) is 0 Å². The quantitative estimate of drug-likeness (QED) is 0.743. The van der Waals surface area contributed by atoms with Crippen molar-refractivity contribution >= 4 is 21.8 Å². The van der Waals surface area contributed by atoms with Crippen molar-refractivity contribution in [2.24, 2.45) is 5.92 Å². The molecular formula is C15H17BrF3NO. The maximum absolute atomic E-state index is 12.9. The van der Waals surface area contributed by atoms with E-state index < -0.39 is 11.7 Å². The first kappa shape index (κ1) is 16.3. The molecule has 0 saturated carbocycles. The summed E-state index contributed by atoms with van der Waals surface area (Å²) < 4.78 is 38.6. The van der Waals surface area contributed by atoms with Crippen LogP contribution in [0.5, 0.6) is 0 Å². The monoisotopic (exact) mass is 363 g/mol. The Hall–Kier alpha value is -1.04. The molecule has 2 nitrogen and oxygen atoms in total. The SMILES string of the molecule is CCC1CCN(C(=O)c2ccc(Br)c(C(F)(F)F)c2)CC1. The fraction of sp³-hybridized carbons (Fsp3) is 0.533. The fourth-order valence-electron chi connectivity index (χ4n) is 2.60. The molecule has 1 aliphatic heterocycles. The van der Waals surface area contributed by atoms with E-state index in [0.29, 0.717) is 19.0 Å². The Balaban J connectivity index is 2.17. The van der Waals surface area contributed by atoms with E-state index in [4.69, 9.17) is 0 Å². The zero-order valence-electron chi connectivity index (χ0n) is 11.7. The Morgan fingerprint density at radius 3 is 2.48 bits per heavy atom. The van der Waals surface area contributed by atoms with Crippen LogP contribution in [0.2, 0.25) is 0 Å². The molecule has 1 fully saturated rings. The first-order valence-electron chi connectivity index (χ1n) is 6.99. The zero-order chi connectivity index (χ0) is 15.6. The lowest BCUT2D eigenvalue weighted by atomic mass is 9.94. The third-order valence-electron chi connectivity index (χ3n) is 4.00. The lowest BCUT2D eigenvalue weighted by Crippen LogP contribution is -2.38. The van der Waals surface area contributed by atoms with E-state index in [2.05, 4.69) is 22.9 Å². The number of halogens is 4. The molecule has 0 aliphatic carbocycles. The average Bonchev–Trinajstić information content (AvgIpc) is 2.46. The van der Waals surface area contributed by atoms with Gasteiger partial charge in [-0.2, -0.15) is 13.2 Å². The van der Waals surface area contributed by atoms with Gasteiger partial charge in [-0.15, -0.1) is 0 Å². The van der Waals surface area contributed by atoms with E-state index in [1.54, 1.807) is 4.90 Å². The molecule has 0 aromatic heterocycles. The van der Waals surface area contributed by atoms with E-state index in [-0.39, 0.29) is 15.9 Å². The summed E-state index contributed by atoms with van der Waals surface area (Å²) in [6, 6.07) is 3.65. The Morgan fingerprint density at radius 2 is 1.95 bits per heavy atom. The molecule has 0 radical (unpaired) electrons. The third kappa shape index (κ3) is 3.78. The molecule has 0 N–H and O–H groups in total. The lowest BCUT2D eigenvalue weighted by Gasteiger charge is -2.31.